The highest BCUT2D eigenvalue weighted by atomic mass is 16.6. The standard InChI is InChI=1S/C22H27NO3/c1-22(2,3)26-21(24)23-14-8-10-18(16-23)17-9-7-13-20(15-17)25-19-11-5-4-6-12-19/h4-7,9,11-13,15,18H,8,10,14,16H2,1-3H3. The molecule has 4 heteroatoms. The summed E-state index contributed by atoms with van der Waals surface area (Å²) in [6.45, 7) is 7.14. The molecule has 0 N–H and O–H groups in total. The van der Waals surface area contributed by atoms with Crippen LogP contribution >= 0.6 is 0 Å². The Morgan fingerprint density at radius 1 is 1.04 bits per heavy atom. The third-order valence-corrected chi connectivity index (χ3v) is 4.38. The number of carbonyl (C=O) groups is 1. The van der Waals surface area contributed by atoms with Gasteiger partial charge < -0.3 is 14.4 Å². The Morgan fingerprint density at radius 3 is 2.50 bits per heavy atom. The Kier molecular flexibility index (Phi) is 5.50. The number of ether oxygens (including phenoxy) is 2. The number of rotatable bonds is 3. The van der Waals surface area contributed by atoms with Crippen LogP contribution in [0.5, 0.6) is 11.5 Å². The molecular weight excluding hydrogens is 326 g/mol. The van der Waals surface area contributed by atoms with Crippen LogP contribution in [0.2, 0.25) is 0 Å². The number of carbonyl (C=O) groups excluding carboxylic acids is 1. The van der Waals surface area contributed by atoms with E-state index in [9.17, 15) is 4.79 Å². The average molecular weight is 353 g/mol. The normalized spacial score (nSPS) is 17.7. The first-order valence-electron chi connectivity index (χ1n) is 9.21. The molecule has 2 aromatic carbocycles. The summed E-state index contributed by atoms with van der Waals surface area (Å²) in [5.74, 6) is 1.95. The van der Waals surface area contributed by atoms with Gasteiger partial charge in [-0.2, -0.15) is 0 Å². The molecule has 2 aromatic rings. The molecule has 1 aliphatic heterocycles. The molecule has 1 aliphatic rings. The number of hydrogen-bond donors (Lipinski definition) is 0. The molecule has 3 rings (SSSR count). The zero-order valence-electron chi connectivity index (χ0n) is 15.8. The van der Waals surface area contributed by atoms with E-state index in [1.165, 1.54) is 5.56 Å². The van der Waals surface area contributed by atoms with Gasteiger partial charge in [-0.3, -0.25) is 0 Å². The Balaban J connectivity index is 1.68. The molecule has 0 spiro atoms. The van der Waals surface area contributed by atoms with E-state index in [1.54, 1.807) is 0 Å². The molecule has 138 valence electrons. The van der Waals surface area contributed by atoms with E-state index >= 15 is 0 Å². The Bertz CT molecular complexity index is 737. The molecule has 1 amide bonds. The smallest absolute Gasteiger partial charge is 0.410 e. The first-order chi connectivity index (χ1) is 12.4. The summed E-state index contributed by atoms with van der Waals surface area (Å²) < 4.78 is 11.5. The van der Waals surface area contributed by atoms with Gasteiger partial charge in [0.25, 0.3) is 0 Å². The zero-order valence-corrected chi connectivity index (χ0v) is 15.8. The molecule has 0 aliphatic carbocycles. The number of likely N-dealkylation sites (tertiary alicyclic amines) is 1. The van der Waals surface area contributed by atoms with E-state index in [0.717, 1.165) is 30.9 Å². The lowest BCUT2D eigenvalue weighted by Gasteiger charge is -2.34. The first kappa shape index (κ1) is 18.3. The predicted molar refractivity (Wildman–Crippen MR) is 103 cm³/mol. The van der Waals surface area contributed by atoms with Gasteiger partial charge in [-0.15, -0.1) is 0 Å². The molecule has 0 bridgehead atoms. The number of benzene rings is 2. The highest BCUT2D eigenvalue weighted by Gasteiger charge is 2.28. The topological polar surface area (TPSA) is 38.8 Å². The van der Waals surface area contributed by atoms with E-state index in [1.807, 2.05) is 68.1 Å². The van der Waals surface area contributed by atoms with E-state index < -0.39 is 5.60 Å². The second-order valence-electron chi connectivity index (χ2n) is 7.75. The maximum Gasteiger partial charge on any atom is 0.410 e. The number of piperidine rings is 1. The summed E-state index contributed by atoms with van der Waals surface area (Å²) in [6, 6.07) is 17.9. The van der Waals surface area contributed by atoms with Gasteiger partial charge >= 0.3 is 6.09 Å². The summed E-state index contributed by atoms with van der Waals surface area (Å²) in [5.41, 5.74) is 0.736. The minimum absolute atomic E-state index is 0.223. The molecule has 1 heterocycles. The molecule has 0 radical (unpaired) electrons. The zero-order chi connectivity index (χ0) is 18.6. The van der Waals surface area contributed by atoms with E-state index in [4.69, 9.17) is 9.47 Å². The maximum absolute atomic E-state index is 12.4. The lowest BCUT2D eigenvalue weighted by Crippen LogP contribution is -2.42. The fourth-order valence-electron chi connectivity index (χ4n) is 3.20. The average Bonchev–Trinajstić information content (AvgIpc) is 2.61. The van der Waals surface area contributed by atoms with Gasteiger partial charge in [-0.05, 0) is 63.4 Å². The van der Waals surface area contributed by atoms with Gasteiger partial charge in [0, 0.05) is 19.0 Å². The molecular formula is C22H27NO3. The van der Waals surface area contributed by atoms with Gasteiger partial charge in [-0.25, -0.2) is 4.79 Å². The third kappa shape index (κ3) is 5.01. The van der Waals surface area contributed by atoms with Crippen molar-refractivity contribution in [1.82, 2.24) is 4.90 Å². The summed E-state index contributed by atoms with van der Waals surface area (Å²) in [6.07, 6.45) is 1.82. The van der Waals surface area contributed by atoms with Crippen molar-refractivity contribution >= 4 is 6.09 Å². The molecule has 1 saturated heterocycles. The highest BCUT2D eigenvalue weighted by Crippen LogP contribution is 2.31. The van der Waals surface area contributed by atoms with E-state index in [0.29, 0.717) is 12.5 Å². The van der Waals surface area contributed by atoms with Crippen molar-refractivity contribution in [3.8, 4) is 11.5 Å². The Morgan fingerprint density at radius 2 is 1.77 bits per heavy atom. The number of hydrogen-bond acceptors (Lipinski definition) is 3. The van der Waals surface area contributed by atoms with Crippen LogP contribution in [0.25, 0.3) is 0 Å². The maximum atomic E-state index is 12.4. The third-order valence-electron chi connectivity index (χ3n) is 4.38. The minimum atomic E-state index is -0.465. The monoisotopic (exact) mass is 353 g/mol. The SMILES string of the molecule is CC(C)(C)OC(=O)N1CCCC(c2cccc(Oc3ccccc3)c2)C1. The van der Waals surface area contributed by atoms with E-state index in [2.05, 4.69) is 12.1 Å². The van der Waals surface area contributed by atoms with Crippen molar-refractivity contribution in [1.29, 1.82) is 0 Å². The molecule has 0 aromatic heterocycles. The van der Waals surface area contributed by atoms with E-state index in [-0.39, 0.29) is 6.09 Å². The van der Waals surface area contributed by atoms with Crippen molar-refractivity contribution in [3.63, 3.8) is 0 Å². The second kappa shape index (κ2) is 7.81. The summed E-state index contributed by atoms with van der Waals surface area (Å²) >= 11 is 0. The molecule has 4 nitrogen and oxygen atoms in total. The van der Waals surface area contributed by atoms with Crippen molar-refractivity contribution < 1.29 is 14.3 Å². The highest BCUT2D eigenvalue weighted by molar-refractivity contribution is 5.68. The van der Waals surface area contributed by atoms with Crippen LogP contribution < -0.4 is 4.74 Å². The van der Waals surface area contributed by atoms with Gasteiger partial charge in [0.2, 0.25) is 0 Å². The van der Waals surface area contributed by atoms with Crippen molar-refractivity contribution in [2.45, 2.75) is 45.1 Å². The molecule has 1 unspecified atom stereocenters. The molecule has 1 atom stereocenters. The number of nitrogens with zero attached hydrogens (tertiary/aromatic N) is 1. The fourth-order valence-corrected chi connectivity index (χ4v) is 3.20. The fraction of sp³-hybridized carbons (Fsp3) is 0.409. The van der Waals surface area contributed by atoms with Gasteiger partial charge in [0.05, 0.1) is 0 Å². The molecule has 0 saturated carbocycles. The molecule has 1 fully saturated rings. The molecule has 26 heavy (non-hydrogen) atoms. The first-order valence-corrected chi connectivity index (χ1v) is 9.21. The number of amides is 1. The van der Waals surface area contributed by atoms with Crippen LogP contribution in [-0.2, 0) is 4.74 Å². The second-order valence-corrected chi connectivity index (χ2v) is 7.75. The van der Waals surface area contributed by atoms with Gasteiger partial charge in [0.1, 0.15) is 17.1 Å². The van der Waals surface area contributed by atoms with Gasteiger partial charge in [-0.1, -0.05) is 30.3 Å². The van der Waals surface area contributed by atoms with Crippen LogP contribution in [0.1, 0.15) is 45.1 Å². The summed E-state index contributed by atoms with van der Waals surface area (Å²) in [7, 11) is 0. The van der Waals surface area contributed by atoms with Crippen LogP contribution in [-0.4, -0.2) is 29.7 Å². The number of para-hydroxylation sites is 1. The summed E-state index contributed by atoms with van der Waals surface area (Å²) in [5, 5.41) is 0. The largest absolute Gasteiger partial charge is 0.457 e. The lowest BCUT2D eigenvalue weighted by atomic mass is 9.90. The van der Waals surface area contributed by atoms with Gasteiger partial charge in [0.15, 0.2) is 0 Å². The quantitative estimate of drug-likeness (QED) is 0.721. The van der Waals surface area contributed by atoms with Crippen LogP contribution in [0.15, 0.2) is 54.6 Å². The van der Waals surface area contributed by atoms with Crippen molar-refractivity contribution in [2.75, 3.05) is 13.1 Å². The van der Waals surface area contributed by atoms with Crippen molar-refractivity contribution in [2.24, 2.45) is 0 Å². The summed E-state index contributed by atoms with van der Waals surface area (Å²) in [4.78, 5) is 14.2. The van der Waals surface area contributed by atoms with Crippen molar-refractivity contribution in [3.05, 3.63) is 60.2 Å². The van der Waals surface area contributed by atoms with Crippen LogP contribution in [0, 0.1) is 0 Å². The Labute approximate surface area is 155 Å². The predicted octanol–water partition coefficient (Wildman–Crippen LogP) is 5.59. The lowest BCUT2D eigenvalue weighted by molar-refractivity contribution is 0.0198. The minimum Gasteiger partial charge on any atom is -0.457 e. The Hall–Kier alpha value is -2.49. The van der Waals surface area contributed by atoms with Crippen LogP contribution in [0.3, 0.4) is 0 Å². The van der Waals surface area contributed by atoms with Crippen LogP contribution in [0.4, 0.5) is 4.79 Å².